The van der Waals surface area contributed by atoms with Crippen LogP contribution in [0.3, 0.4) is 0 Å². The highest BCUT2D eigenvalue weighted by Crippen LogP contribution is 2.28. The van der Waals surface area contributed by atoms with Gasteiger partial charge >= 0.3 is 0 Å². The number of hydrogen-bond acceptors (Lipinski definition) is 8. The zero-order valence-corrected chi connectivity index (χ0v) is 22.9. The Hall–Kier alpha value is -3.10. The van der Waals surface area contributed by atoms with Crippen LogP contribution in [0.2, 0.25) is 0 Å². The van der Waals surface area contributed by atoms with E-state index in [2.05, 4.69) is 70.3 Å². The summed E-state index contributed by atoms with van der Waals surface area (Å²) in [5.41, 5.74) is 4.48. The van der Waals surface area contributed by atoms with Crippen molar-refractivity contribution < 1.29 is 8.76 Å². The molecule has 1 aliphatic heterocycles. The number of benzene rings is 2. The summed E-state index contributed by atoms with van der Waals surface area (Å²) in [5.74, 6) is 0.997. The first-order valence-electron chi connectivity index (χ1n) is 11.8. The fourth-order valence-electron chi connectivity index (χ4n) is 4.24. The standard InChI is InChI=1S/C24H28BrN9O2S/c1-16-19-13-18(7-8-22(19)34(31-16)33-11-9-32(2)10-12-33)28-24-26-15-20(25)23(30-24)29-21-6-4-3-5-17(21)14-27-37(35)36/h3-8,13,15,27H,9-12,14H2,1-2H3,(H,35,36)(H2,26,28,29,30). The largest absolute Gasteiger partial charge is 0.339 e. The summed E-state index contributed by atoms with van der Waals surface area (Å²) < 4.78 is 23.3. The van der Waals surface area contributed by atoms with E-state index in [0.717, 1.165) is 59.7 Å². The van der Waals surface area contributed by atoms with Gasteiger partial charge in [0, 0.05) is 55.7 Å². The van der Waals surface area contributed by atoms with Crippen LogP contribution < -0.4 is 20.4 Å². The quantitative estimate of drug-likeness (QED) is 0.230. The number of rotatable bonds is 8. The Balaban J connectivity index is 1.36. The third kappa shape index (κ3) is 5.91. The summed E-state index contributed by atoms with van der Waals surface area (Å²) in [6, 6.07) is 13.7. The number of piperazine rings is 1. The molecule has 3 heterocycles. The van der Waals surface area contributed by atoms with Crippen LogP contribution in [0.25, 0.3) is 10.9 Å². The molecule has 5 rings (SSSR count). The van der Waals surface area contributed by atoms with Crippen LogP contribution in [0.4, 0.5) is 23.1 Å². The number of halogens is 1. The highest BCUT2D eigenvalue weighted by atomic mass is 79.9. The summed E-state index contributed by atoms with van der Waals surface area (Å²) >= 11 is 1.41. The number of hydrogen-bond donors (Lipinski definition) is 4. The Morgan fingerprint density at radius 2 is 1.89 bits per heavy atom. The van der Waals surface area contributed by atoms with Crippen molar-refractivity contribution in [1.82, 2.24) is 29.5 Å². The molecule has 0 amide bonds. The number of aromatic nitrogens is 4. The van der Waals surface area contributed by atoms with Gasteiger partial charge in [-0.25, -0.2) is 13.9 Å². The average molecular weight is 587 g/mol. The van der Waals surface area contributed by atoms with Crippen LogP contribution in [0.5, 0.6) is 0 Å². The van der Waals surface area contributed by atoms with Gasteiger partial charge in [-0.2, -0.15) is 14.9 Å². The number of aryl methyl sites for hydroxylation is 1. The summed E-state index contributed by atoms with van der Waals surface area (Å²) in [6.45, 7) is 6.15. The zero-order chi connectivity index (χ0) is 25.9. The number of anilines is 4. The predicted molar refractivity (Wildman–Crippen MR) is 150 cm³/mol. The first-order valence-corrected chi connectivity index (χ1v) is 13.7. The van der Waals surface area contributed by atoms with Gasteiger partial charge in [0.05, 0.1) is 15.7 Å². The van der Waals surface area contributed by atoms with Crippen LogP contribution in [-0.4, -0.2) is 66.7 Å². The van der Waals surface area contributed by atoms with Gasteiger partial charge in [0.2, 0.25) is 17.2 Å². The minimum Gasteiger partial charge on any atom is -0.339 e. The summed E-state index contributed by atoms with van der Waals surface area (Å²) in [5, 5.41) is 14.7. The number of fused-ring (bicyclic) bond motifs is 1. The van der Waals surface area contributed by atoms with E-state index < -0.39 is 11.3 Å². The summed E-state index contributed by atoms with van der Waals surface area (Å²) in [4.78, 5) is 13.4. The van der Waals surface area contributed by atoms with Crippen molar-refractivity contribution in [2.24, 2.45) is 0 Å². The molecule has 4 N–H and O–H groups in total. The molecular formula is C24H28BrN9O2S. The molecule has 13 heteroatoms. The molecule has 0 radical (unpaired) electrons. The van der Waals surface area contributed by atoms with Gasteiger partial charge in [-0.3, -0.25) is 9.56 Å². The smallest absolute Gasteiger partial charge is 0.232 e. The average Bonchev–Trinajstić information content (AvgIpc) is 3.21. The second kappa shape index (κ2) is 11.1. The van der Waals surface area contributed by atoms with Gasteiger partial charge in [0.1, 0.15) is 5.82 Å². The van der Waals surface area contributed by atoms with Crippen molar-refractivity contribution in [3.05, 3.63) is 64.4 Å². The van der Waals surface area contributed by atoms with Crippen LogP contribution in [0.1, 0.15) is 11.3 Å². The highest BCUT2D eigenvalue weighted by molar-refractivity contribution is 9.10. The fourth-order valence-corrected chi connectivity index (χ4v) is 4.81. The number of nitrogens with one attached hydrogen (secondary N) is 3. The second-order valence-electron chi connectivity index (χ2n) is 8.83. The zero-order valence-electron chi connectivity index (χ0n) is 20.5. The Labute approximate surface area is 225 Å². The molecule has 194 valence electrons. The Morgan fingerprint density at radius 1 is 1.11 bits per heavy atom. The van der Waals surface area contributed by atoms with Crippen molar-refractivity contribution in [2.75, 3.05) is 48.9 Å². The topological polar surface area (TPSA) is 123 Å². The molecule has 1 unspecified atom stereocenters. The molecule has 1 saturated heterocycles. The first-order chi connectivity index (χ1) is 17.9. The molecule has 37 heavy (non-hydrogen) atoms. The lowest BCUT2D eigenvalue weighted by atomic mass is 10.2. The normalized spacial score (nSPS) is 15.2. The second-order valence-corrected chi connectivity index (χ2v) is 10.5. The predicted octanol–water partition coefficient (Wildman–Crippen LogP) is 3.49. The maximum absolute atomic E-state index is 11.0. The van der Waals surface area contributed by atoms with Gasteiger partial charge in [0.15, 0.2) is 0 Å². The maximum Gasteiger partial charge on any atom is 0.232 e. The molecule has 2 aromatic heterocycles. The van der Waals surface area contributed by atoms with Gasteiger partial charge in [-0.15, -0.1) is 0 Å². The molecule has 1 fully saturated rings. The van der Waals surface area contributed by atoms with Crippen LogP contribution in [0, 0.1) is 6.92 Å². The molecule has 11 nitrogen and oxygen atoms in total. The van der Waals surface area contributed by atoms with Gasteiger partial charge in [-0.1, -0.05) is 18.2 Å². The van der Waals surface area contributed by atoms with Crippen molar-refractivity contribution in [2.45, 2.75) is 13.5 Å². The number of nitrogens with zero attached hydrogens (tertiary/aromatic N) is 6. The van der Waals surface area contributed by atoms with Gasteiger partial charge in [-0.05, 0) is 59.7 Å². The van der Waals surface area contributed by atoms with E-state index in [4.69, 9.17) is 9.65 Å². The number of para-hydroxylation sites is 1. The minimum absolute atomic E-state index is 0.223. The Kier molecular flexibility index (Phi) is 7.67. The van der Waals surface area contributed by atoms with E-state index in [1.54, 1.807) is 6.20 Å². The van der Waals surface area contributed by atoms with E-state index in [1.807, 2.05) is 42.0 Å². The lowest BCUT2D eigenvalue weighted by molar-refractivity contribution is 0.283. The highest BCUT2D eigenvalue weighted by Gasteiger charge is 2.18. The first kappa shape index (κ1) is 25.5. The minimum atomic E-state index is -2.10. The maximum atomic E-state index is 11.0. The molecular weight excluding hydrogens is 558 g/mol. The monoisotopic (exact) mass is 585 g/mol. The SMILES string of the molecule is Cc1nn(N2CCN(C)CC2)c2ccc(Nc3ncc(Br)c(Nc4ccccc4CNS(=O)O)n3)cc12. The molecule has 0 bridgehead atoms. The van der Waals surface area contributed by atoms with Crippen LogP contribution in [-0.2, 0) is 17.8 Å². The van der Waals surface area contributed by atoms with E-state index in [1.165, 1.54) is 0 Å². The Bertz CT molecular complexity index is 1440. The van der Waals surface area contributed by atoms with E-state index in [9.17, 15) is 4.21 Å². The number of likely N-dealkylation sites (N-methyl/N-ethyl adjacent to an activating group) is 1. The van der Waals surface area contributed by atoms with Crippen molar-refractivity contribution in [3.63, 3.8) is 0 Å². The van der Waals surface area contributed by atoms with Crippen molar-refractivity contribution in [3.8, 4) is 0 Å². The third-order valence-electron chi connectivity index (χ3n) is 6.25. The van der Waals surface area contributed by atoms with Crippen molar-refractivity contribution >= 4 is 61.2 Å². The Morgan fingerprint density at radius 3 is 2.68 bits per heavy atom. The molecule has 4 aromatic rings. The van der Waals surface area contributed by atoms with Crippen LogP contribution in [0.15, 0.2) is 53.1 Å². The lowest BCUT2D eigenvalue weighted by Gasteiger charge is -2.33. The van der Waals surface area contributed by atoms with Crippen LogP contribution >= 0.6 is 15.9 Å². The van der Waals surface area contributed by atoms with E-state index in [0.29, 0.717) is 16.2 Å². The molecule has 0 aliphatic carbocycles. The summed E-state index contributed by atoms with van der Waals surface area (Å²) in [6.07, 6.45) is 1.68. The molecule has 1 atom stereocenters. The molecule has 1 aliphatic rings. The van der Waals surface area contributed by atoms with E-state index >= 15 is 0 Å². The lowest BCUT2D eigenvalue weighted by Crippen LogP contribution is -2.50. The van der Waals surface area contributed by atoms with Crippen molar-refractivity contribution in [1.29, 1.82) is 0 Å². The fraction of sp³-hybridized carbons (Fsp3) is 0.292. The molecule has 0 spiro atoms. The van der Waals surface area contributed by atoms with E-state index in [-0.39, 0.29) is 6.54 Å². The molecule has 0 saturated carbocycles. The van der Waals surface area contributed by atoms with Gasteiger partial charge < -0.3 is 15.5 Å². The van der Waals surface area contributed by atoms with Gasteiger partial charge in [0.25, 0.3) is 0 Å². The molecule has 2 aromatic carbocycles. The summed E-state index contributed by atoms with van der Waals surface area (Å²) in [7, 11) is 2.14. The third-order valence-corrected chi connectivity index (χ3v) is 7.22.